The van der Waals surface area contributed by atoms with Crippen LogP contribution in [0, 0.1) is 113 Å². The molecule has 1 atom stereocenters. The molecule has 176 valence electrons. The van der Waals surface area contributed by atoms with Crippen molar-refractivity contribution in [2.75, 3.05) is 24.4 Å². The summed E-state index contributed by atoms with van der Waals surface area (Å²) in [6.07, 6.45) is 6.46. The molecular weight excluding hydrogens is 488 g/mol. The lowest BCUT2D eigenvalue weighted by molar-refractivity contribution is -0.141. The number of rotatable bonds is 9. The average Bonchev–Trinajstić information content (AvgIpc) is 2.88. The van der Waals surface area contributed by atoms with Gasteiger partial charge in [0.25, 0.3) is 0 Å². The van der Waals surface area contributed by atoms with Crippen LogP contribution in [0.5, 0.6) is 0 Å². The zero-order chi connectivity index (χ0) is 27.0. The largest absolute Gasteiger partial charge is 0.481 e. The number of anilines is 1. The number of hydrogen-bond donors (Lipinski definition) is 3. The predicted molar refractivity (Wildman–Crippen MR) is 139 cm³/mol. The fraction of sp³-hybridized carbons (Fsp3) is 0.138. The Morgan fingerprint density at radius 3 is 1.97 bits per heavy atom. The first-order chi connectivity index (χ1) is 18.0. The van der Waals surface area contributed by atoms with Crippen LogP contribution in [-0.4, -0.2) is 46.2 Å². The average molecular weight is 503 g/mol. The van der Waals surface area contributed by atoms with Crippen LogP contribution in [0.1, 0.15) is 0 Å². The lowest BCUT2D eigenvalue weighted by Crippen LogP contribution is -2.20. The van der Waals surface area contributed by atoms with Gasteiger partial charge in [0.1, 0.15) is 17.7 Å². The van der Waals surface area contributed by atoms with E-state index in [0.717, 1.165) is 11.8 Å². The van der Waals surface area contributed by atoms with Gasteiger partial charge in [0.15, 0.2) is 0 Å². The molecule has 0 bridgehead atoms. The summed E-state index contributed by atoms with van der Waals surface area (Å²) in [6.45, 7) is -0.228. The van der Waals surface area contributed by atoms with E-state index in [4.69, 9.17) is 16.3 Å². The topological polar surface area (TPSA) is 109 Å². The fourth-order valence-corrected chi connectivity index (χ4v) is 2.51. The van der Waals surface area contributed by atoms with Crippen LogP contribution in [-0.2, 0) is 14.3 Å². The molecule has 0 aromatic carbocycles. The van der Waals surface area contributed by atoms with Crippen LogP contribution >= 0.6 is 11.8 Å². The second kappa shape index (κ2) is 19.7. The van der Waals surface area contributed by atoms with Crippen LogP contribution in [0.2, 0.25) is 0 Å². The molecule has 0 aliphatic rings. The lowest BCUT2D eigenvalue weighted by atomic mass is 10.2. The van der Waals surface area contributed by atoms with Crippen molar-refractivity contribution in [3.8, 4) is 107 Å². The number of nitrogens with zero attached hydrogens (tertiary/aromatic N) is 1. The highest BCUT2D eigenvalue weighted by Gasteiger charge is 2.14. The van der Waals surface area contributed by atoms with Crippen molar-refractivity contribution in [2.24, 2.45) is 5.92 Å². The van der Waals surface area contributed by atoms with Gasteiger partial charge in [-0.05, 0) is 107 Å². The van der Waals surface area contributed by atoms with E-state index in [9.17, 15) is 14.7 Å². The van der Waals surface area contributed by atoms with Crippen LogP contribution in [0.3, 0.4) is 0 Å². The van der Waals surface area contributed by atoms with Gasteiger partial charge in [-0.25, -0.2) is 4.98 Å². The minimum atomic E-state index is -1.17. The van der Waals surface area contributed by atoms with Gasteiger partial charge in [-0.2, -0.15) is 0 Å². The summed E-state index contributed by atoms with van der Waals surface area (Å²) in [5.41, 5.74) is 0.565. The number of thioether (sulfide) groups is 1. The minimum absolute atomic E-state index is 0.0311. The maximum absolute atomic E-state index is 11.3. The van der Waals surface area contributed by atoms with E-state index in [-0.39, 0.29) is 19.1 Å². The number of terminal acetylenes is 1. The molecule has 0 spiro atoms. The molecule has 1 heterocycles. The first kappa shape index (κ1) is 29.3. The van der Waals surface area contributed by atoms with Crippen LogP contribution < -0.4 is 5.32 Å². The van der Waals surface area contributed by atoms with E-state index in [1.807, 2.05) is 0 Å². The Balaban J connectivity index is 2.52. The second-order valence-electron chi connectivity index (χ2n) is 5.78. The molecule has 0 radical (unpaired) electrons. The standard InChI is InChI=1S/C29H14N2O5S/c1-2-3-4-5-6-7-8-9-10-11-12-13-14-15-16-17-19-25(29(34)35)22-36-24-31-26-20-18-21-30-28(26)37-23-27(32)33/h1,18,20-21,25,31H,22-24H2,(H,32,33)(H,34,35). The molecule has 3 N–H and O–H groups in total. The van der Waals surface area contributed by atoms with E-state index >= 15 is 0 Å². The Kier molecular flexibility index (Phi) is 15.6. The molecule has 0 saturated carbocycles. The molecule has 0 saturated heterocycles. The van der Waals surface area contributed by atoms with E-state index < -0.39 is 17.9 Å². The molecule has 37 heavy (non-hydrogen) atoms. The summed E-state index contributed by atoms with van der Waals surface area (Å²) < 4.78 is 5.34. The van der Waals surface area contributed by atoms with Crippen molar-refractivity contribution in [1.82, 2.24) is 4.98 Å². The summed E-state index contributed by atoms with van der Waals surface area (Å²) in [6, 6.07) is 3.37. The number of carboxylic acids is 2. The molecule has 0 amide bonds. The van der Waals surface area contributed by atoms with E-state index in [1.165, 1.54) is 6.20 Å². The quantitative estimate of drug-likeness (QED) is 0.199. The third-order valence-electron chi connectivity index (χ3n) is 3.24. The Morgan fingerprint density at radius 2 is 1.46 bits per heavy atom. The SMILES string of the molecule is C#CC#CC#CC#CC#CC#CC#CC#CC#CC(COCNc1cccnc1SCC(=O)O)C(=O)O. The summed E-state index contributed by atoms with van der Waals surface area (Å²) in [5.74, 6) is 37.6. The van der Waals surface area contributed by atoms with Crippen molar-refractivity contribution in [1.29, 1.82) is 0 Å². The Bertz CT molecular complexity index is 1560. The smallest absolute Gasteiger partial charge is 0.321 e. The van der Waals surface area contributed by atoms with Gasteiger partial charge < -0.3 is 20.3 Å². The minimum Gasteiger partial charge on any atom is -0.481 e. The maximum atomic E-state index is 11.3. The summed E-state index contributed by atoms with van der Waals surface area (Å²) in [5, 5.41) is 21.5. The molecule has 7 nitrogen and oxygen atoms in total. The van der Waals surface area contributed by atoms with Gasteiger partial charge in [0.05, 0.1) is 18.0 Å². The third-order valence-corrected chi connectivity index (χ3v) is 4.23. The highest BCUT2D eigenvalue weighted by atomic mass is 32.2. The van der Waals surface area contributed by atoms with Gasteiger partial charge in [-0.1, -0.05) is 17.7 Å². The van der Waals surface area contributed by atoms with Crippen molar-refractivity contribution in [3.63, 3.8) is 0 Å². The highest BCUT2D eigenvalue weighted by molar-refractivity contribution is 8.00. The highest BCUT2D eigenvalue weighted by Crippen LogP contribution is 2.23. The Labute approximate surface area is 219 Å². The number of carbonyl (C=O) groups is 2. The van der Waals surface area contributed by atoms with Crippen molar-refractivity contribution in [3.05, 3.63) is 18.3 Å². The number of nitrogens with one attached hydrogen (secondary N) is 1. The summed E-state index contributed by atoms with van der Waals surface area (Å²) in [4.78, 5) is 26.2. The number of pyridine rings is 1. The van der Waals surface area contributed by atoms with Gasteiger partial charge in [-0.3, -0.25) is 9.59 Å². The number of carboxylic acid groups (broad SMARTS) is 2. The zero-order valence-corrected chi connectivity index (χ0v) is 19.8. The first-order valence-electron chi connectivity index (χ1n) is 9.84. The number of aliphatic carboxylic acids is 2. The van der Waals surface area contributed by atoms with Crippen molar-refractivity contribution < 1.29 is 24.5 Å². The third kappa shape index (κ3) is 15.7. The monoisotopic (exact) mass is 502 g/mol. The number of hydrogen-bond acceptors (Lipinski definition) is 6. The molecule has 1 rings (SSSR count). The molecular formula is C29H14N2O5S. The van der Waals surface area contributed by atoms with Crippen LogP contribution in [0.15, 0.2) is 23.4 Å². The van der Waals surface area contributed by atoms with Gasteiger partial charge in [0.2, 0.25) is 0 Å². The van der Waals surface area contributed by atoms with Crippen molar-refractivity contribution in [2.45, 2.75) is 5.03 Å². The van der Waals surface area contributed by atoms with Crippen molar-refractivity contribution >= 4 is 29.4 Å². The Hall–Kier alpha value is -5.76. The first-order valence-corrected chi connectivity index (χ1v) is 10.8. The predicted octanol–water partition coefficient (Wildman–Crippen LogP) is 1.01. The molecule has 0 aliphatic heterocycles. The van der Waals surface area contributed by atoms with Crippen LogP contribution in [0.25, 0.3) is 0 Å². The zero-order valence-electron chi connectivity index (χ0n) is 19.0. The molecule has 8 heteroatoms. The summed E-state index contributed by atoms with van der Waals surface area (Å²) >= 11 is 1.05. The molecule has 1 aromatic rings. The van der Waals surface area contributed by atoms with E-state index in [1.54, 1.807) is 12.1 Å². The van der Waals surface area contributed by atoms with Crippen LogP contribution in [0.4, 0.5) is 5.69 Å². The van der Waals surface area contributed by atoms with E-state index in [2.05, 4.69) is 111 Å². The molecule has 0 aliphatic carbocycles. The fourth-order valence-electron chi connectivity index (χ4n) is 1.82. The summed E-state index contributed by atoms with van der Waals surface area (Å²) in [7, 11) is 0. The van der Waals surface area contributed by atoms with Gasteiger partial charge in [0, 0.05) is 6.20 Å². The van der Waals surface area contributed by atoms with Gasteiger partial charge in [-0.15, -0.1) is 6.42 Å². The van der Waals surface area contributed by atoms with E-state index in [0.29, 0.717) is 10.7 Å². The molecule has 0 fully saturated rings. The molecule has 1 aromatic heterocycles. The normalized spacial score (nSPS) is 8.19. The lowest BCUT2D eigenvalue weighted by Gasteiger charge is -2.11. The Morgan fingerprint density at radius 1 is 0.919 bits per heavy atom. The number of aromatic nitrogens is 1. The molecule has 1 unspecified atom stereocenters. The number of ether oxygens (including phenoxy) is 1. The second-order valence-corrected chi connectivity index (χ2v) is 6.75. The van der Waals surface area contributed by atoms with Gasteiger partial charge >= 0.3 is 11.9 Å². The maximum Gasteiger partial charge on any atom is 0.321 e.